The van der Waals surface area contributed by atoms with Gasteiger partial charge in [-0.05, 0) is 42.5 Å². The van der Waals surface area contributed by atoms with Crippen molar-refractivity contribution >= 4 is 34.5 Å². The number of hydrogen-bond acceptors (Lipinski definition) is 4. The van der Waals surface area contributed by atoms with Crippen LogP contribution in [0.25, 0.3) is 11.0 Å². The number of rotatable bonds is 4. The molecule has 0 radical (unpaired) electrons. The van der Waals surface area contributed by atoms with Crippen LogP contribution in [0.1, 0.15) is 34.8 Å². The molecule has 4 aromatic rings. The van der Waals surface area contributed by atoms with E-state index in [-0.39, 0.29) is 5.91 Å². The standard InChI is InChI=1S/C24H19FN4O3/c1-2-21(30)28-23-26-19-12-7-14(13-20(19)27-23)24(32)18-6-4-3-5-17(18)22(31)29(24)16-10-8-15(25)9-11-16/h3-13,32H,2H2,1H3,(H2,26,27,28,30). The molecule has 1 aromatic heterocycles. The van der Waals surface area contributed by atoms with Crippen molar-refractivity contribution in [1.82, 2.24) is 9.97 Å². The van der Waals surface area contributed by atoms with Gasteiger partial charge in [-0.25, -0.2) is 9.37 Å². The predicted molar refractivity (Wildman–Crippen MR) is 118 cm³/mol. The topological polar surface area (TPSA) is 98.3 Å². The molecular weight excluding hydrogens is 411 g/mol. The van der Waals surface area contributed by atoms with Crippen LogP contribution in [-0.2, 0) is 10.5 Å². The lowest BCUT2D eigenvalue weighted by molar-refractivity contribution is -0.115. The second-order valence-electron chi connectivity index (χ2n) is 7.55. The smallest absolute Gasteiger partial charge is 0.261 e. The molecule has 7 nitrogen and oxygen atoms in total. The maximum atomic E-state index is 13.5. The van der Waals surface area contributed by atoms with Crippen LogP contribution in [0.15, 0.2) is 66.7 Å². The van der Waals surface area contributed by atoms with Crippen LogP contribution < -0.4 is 10.2 Å². The number of H-pyrrole nitrogens is 1. The number of aromatic amines is 1. The highest BCUT2D eigenvalue weighted by Crippen LogP contribution is 2.45. The lowest BCUT2D eigenvalue weighted by atomic mass is 9.93. The van der Waals surface area contributed by atoms with Crippen molar-refractivity contribution in [3.63, 3.8) is 0 Å². The molecule has 3 N–H and O–H groups in total. The van der Waals surface area contributed by atoms with E-state index >= 15 is 0 Å². The average Bonchev–Trinajstić information content (AvgIpc) is 3.30. The number of fused-ring (bicyclic) bond motifs is 2. The van der Waals surface area contributed by atoms with Crippen molar-refractivity contribution in [2.75, 3.05) is 10.2 Å². The van der Waals surface area contributed by atoms with Gasteiger partial charge >= 0.3 is 0 Å². The first-order valence-corrected chi connectivity index (χ1v) is 10.1. The van der Waals surface area contributed by atoms with Crippen LogP contribution in [0.4, 0.5) is 16.0 Å². The Kier molecular flexibility index (Phi) is 4.53. The van der Waals surface area contributed by atoms with Gasteiger partial charge in [0.25, 0.3) is 5.91 Å². The zero-order chi connectivity index (χ0) is 22.5. The predicted octanol–water partition coefficient (Wildman–Crippen LogP) is 3.90. The molecule has 1 aliphatic heterocycles. The first kappa shape index (κ1) is 19.9. The Hall–Kier alpha value is -4.04. The number of aliphatic hydroxyl groups is 1. The van der Waals surface area contributed by atoms with E-state index in [4.69, 9.17) is 0 Å². The zero-order valence-electron chi connectivity index (χ0n) is 17.1. The SMILES string of the molecule is CCC(=O)Nc1nc2ccc(C3(O)c4ccccc4C(=O)N3c3ccc(F)cc3)cc2[nH]1. The Bertz CT molecular complexity index is 1370. The van der Waals surface area contributed by atoms with Crippen molar-refractivity contribution in [2.45, 2.75) is 19.1 Å². The van der Waals surface area contributed by atoms with Gasteiger partial charge in [-0.1, -0.05) is 31.2 Å². The third-order valence-corrected chi connectivity index (χ3v) is 5.61. The summed E-state index contributed by atoms with van der Waals surface area (Å²) in [5.74, 6) is -0.715. The summed E-state index contributed by atoms with van der Waals surface area (Å²) in [6.07, 6.45) is 0.313. The van der Waals surface area contributed by atoms with Gasteiger partial charge in [-0.2, -0.15) is 0 Å². The maximum Gasteiger partial charge on any atom is 0.261 e. The van der Waals surface area contributed by atoms with Gasteiger partial charge in [-0.3, -0.25) is 19.8 Å². The Labute approximate surface area is 182 Å². The van der Waals surface area contributed by atoms with Crippen LogP contribution in [-0.4, -0.2) is 26.9 Å². The number of nitrogens with zero attached hydrogens (tertiary/aromatic N) is 2. The van der Waals surface area contributed by atoms with Gasteiger partial charge in [-0.15, -0.1) is 0 Å². The van der Waals surface area contributed by atoms with E-state index in [0.29, 0.717) is 45.8 Å². The molecule has 1 atom stereocenters. The zero-order valence-corrected chi connectivity index (χ0v) is 17.1. The monoisotopic (exact) mass is 430 g/mol. The minimum Gasteiger partial charge on any atom is -0.363 e. The number of anilines is 2. The fraction of sp³-hybridized carbons (Fsp3) is 0.125. The summed E-state index contributed by atoms with van der Waals surface area (Å²) in [4.78, 5) is 33.6. The summed E-state index contributed by atoms with van der Waals surface area (Å²) in [6.45, 7) is 1.74. The molecule has 0 spiro atoms. The molecular formula is C24H19FN4O3. The van der Waals surface area contributed by atoms with E-state index in [1.54, 1.807) is 49.4 Å². The molecule has 160 valence electrons. The molecule has 5 rings (SSSR count). The third kappa shape index (κ3) is 2.96. The van der Waals surface area contributed by atoms with Gasteiger partial charge in [0.2, 0.25) is 11.9 Å². The summed E-state index contributed by atoms with van der Waals surface area (Å²) in [5, 5.41) is 14.7. The maximum absolute atomic E-state index is 13.5. The Morgan fingerprint density at radius 1 is 1.16 bits per heavy atom. The van der Waals surface area contributed by atoms with Crippen molar-refractivity contribution in [3.8, 4) is 0 Å². The molecule has 2 heterocycles. The molecule has 2 amide bonds. The van der Waals surface area contributed by atoms with Crippen LogP contribution in [0.3, 0.4) is 0 Å². The highest BCUT2D eigenvalue weighted by Gasteiger charge is 2.50. The van der Waals surface area contributed by atoms with Crippen LogP contribution in [0.2, 0.25) is 0 Å². The Morgan fingerprint density at radius 3 is 2.66 bits per heavy atom. The van der Waals surface area contributed by atoms with Crippen LogP contribution in [0, 0.1) is 5.82 Å². The van der Waals surface area contributed by atoms with Gasteiger partial charge < -0.3 is 10.1 Å². The average molecular weight is 430 g/mol. The molecule has 0 saturated carbocycles. The molecule has 0 bridgehead atoms. The Balaban J connectivity index is 1.67. The van der Waals surface area contributed by atoms with E-state index < -0.39 is 17.4 Å². The summed E-state index contributed by atoms with van der Waals surface area (Å²) in [5.41, 5.74) is 0.915. The second-order valence-corrected chi connectivity index (χ2v) is 7.55. The van der Waals surface area contributed by atoms with Crippen molar-refractivity contribution in [3.05, 3.63) is 89.2 Å². The largest absolute Gasteiger partial charge is 0.363 e. The molecule has 32 heavy (non-hydrogen) atoms. The minimum absolute atomic E-state index is 0.180. The first-order chi connectivity index (χ1) is 15.4. The number of hydrogen-bond donors (Lipinski definition) is 3. The summed E-state index contributed by atoms with van der Waals surface area (Å²) < 4.78 is 13.5. The fourth-order valence-electron chi connectivity index (χ4n) is 4.05. The molecule has 3 aromatic carbocycles. The molecule has 0 saturated heterocycles. The summed E-state index contributed by atoms with van der Waals surface area (Å²) in [6, 6.07) is 17.3. The van der Waals surface area contributed by atoms with Gasteiger partial charge in [0.05, 0.1) is 11.0 Å². The van der Waals surface area contributed by atoms with Gasteiger partial charge in [0, 0.05) is 28.8 Å². The van der Waals surface area contributed by atoms with Crippen molar-refractivity contribution < 1.29 is 19.1 Å². The van der Waals surface area contributed by atoms with E-state index in [9.17, 15) is 19.1 Å². The molecule has 1 unspecified atom stereocenters. The van der Waals surface area contributed by atoms with Crippen molar-refractivity contribution in [2.24, 2.45) is 0 Å². The summed E-state index contributed by atoms with van der Waals surface area (Å²) >= 11 is 0. The van der Waals surface area contributed by atoms with E-state index in [1.165, 1.54) is 29.2 Å². The van der Waals surface area contributed by atoms with Gasteiger partial charge in [0.15, 0.2) is 5.72 Å². The number of aromatic nitrogens is 2. The summed E-state index contributed by atoms with van der Waals surface area (Å²) in [7, 11) is 0. The van der Waals surface area contributed by atoms with Crippen LogP contribution in [0.5, 0.6) is 0 Å². The molecule has 0 fully saturated rings. The third-order valence-electron chi connectivity index (χ3n) is 5.61. The molecule has 1 aliphatic rings. The van der Waals surface area contributed by atoms with E-state index in [0.717, 1.165) is 0 Å². The molecule has 0 aliphatic carbocycles. The van der Waals surface area contributed by atoms with Gasteiger partial charge in [0.1, 0.15) is 5.82 Å². The highest BCUT2D eigenvalue weighted by molar-refractivity contribution is 6.12. The number of benzene rings is 3. The van der Waals surface area contributed by atoms with Crippen molar-refractivity contribution in [1.29, 1.82) is 0 Å². The highest BCUT2D eigenvalue weighted by atomic mass is 19.1. The van der Waals surface area contributed by atoms with E-state index in [2.05, 4.69) is 15.3 Å². The lowest BCUT2D eigenvalue weighted by Gasteiger charge is -2.34. The van der Waals surface area contributed by atoms with Crippen LogP contribution >= 0.6 is 0 Å². The van der Waals surface area contributed by atoms with E-state index in [1.807, 2.05) is 0 Å². The number of halogens is 1. The quantitative estimate of drug-likeness (QED) is 0.457. The number of amides is 2. The first-order valence-electron chi connectivity index (χ1n) is 10.1. The minimum atomic E-state index is -1.82. The second kappa shape index (κ2) is 7.28. The number of carbonyl (C=O) groups is 2. The Morgan fingerprint density at radius 2 is 1.91 bits per heavy atom. The number of nitrogens with one attached hydrogen (secondary N) is 2. The number of imidazole rings is 1. The normalized spacial score (nSPS) is 17.6. The molecule has 8 heteroatoms. The fourth-order valence-corrected chi connectivity index (χ4v) is 4.05. The number of carbonyl (C=O) groups excluding carboxylic acids is 2. The lowest BCUT2D eigenvalue weighted by Crippen LogP contribution is -2.45.